The SMILES string of the molecule is CC/C(=C\c1cn[nH]c1CC)NC(=O)c1cccc(C(F)(F)F)n1. The van der Waals surface area contributed by atoms with Crippen molar-refractivity contribution in [2.45, 2.75) is 32.9 Å². The lowest BCUT2D eigenvalue weighted by Crippen LogP contribution is -2.24. The van der Waals surface area contributed by atoms with Crippen LogP contribution in [0.1, 0.15) is 47.7 Å². The molecule has 2 aromatic heterocycles. The number of aromatic amines is 1. The molecule has 5 nitrogen and oxygen atoms in total. The smallest absolute Gasteiger partial charge is 0.324 e. The van der Waals surface area contributed by atoms with Crippen LogP contribution in [0.4, 0.5) is 13.2 Å². The first-order valence-corrected chi connectivity index (χ1v) is 7.43. The minimum absolute atomic E-state index is 0.285. The lowest BCUT2D eigenvalue weighted by atomic mass is 10.1. The zero-order chi connectivity index (χ0) is 17.7. The molecule has 0 saturated heterocycles. The number of amides is 1. The molecule has 0 atom stereocenters. The minimum atomic E-state index is -4.59. The van der Waals surface area contributed by atoms with Crippen molar-refractivity contribution in [1.29, 1.82) is 0 Å². The van der Waals surface area contributed by atoms with E-state index in [1.54, 1.807) is 12.3 Å². The highest BCUT2D eigenvalue weighted by atomic mass is 19.4. The van der Waals surface area contributed by atoms with Gasteiger partial charge in [0.15, 0.2) is 0 Å². The summed E-state index contributed by atoms with van der Waals surface area (Å²) in [7, 11) is 0. The Morgan fingerprint density at radius 3 is 2.71 bits per heavy atom. The van der Waals surface area contributed by atoms with E-state index >= 15 is 0 Å². The first-order valence-electron chi connectivity index (χ1n) is 7.43. The zero-order valence-electron chi connectivity index (χ0n) is 13.2. The number of carbonyl (C=O) groups is 1. The van der Waals surface area contributed by atoms with Crippen LogP contribution in [0.5, 0.6) is 0 Å². The van der Waals surface area contributed by atoms with E-state index in [2.05, 4.69) is 20.5 Å². The van der Waals surface area contributed by atoms with Crippen LogP contribution >= 0.6 is 0 Å². The third-order valence-corrected chi connectivity index (χ3v) is 3.36. The number of pyridine rings is 1. The van der Waals surface area contributed by atoms with Gasteiger partial charge in [-0.1, -0.05) is 19.9 Å². The van der Waals surface area contributed by atoms with Gasteiger partial charge in [-0.15, -0.1) is 0 Å². The third-order valence-electron chi connectivity index (χ3n) is 3.36. The van der Waals surface area contributed by atoms with Gasteiger partial charge < -0.3 is 5.32 Å². The monoisotopic (exact) mass is 338 g/mol. The second-order valence-electron chi connectivity index (χ2n) is 5.04. The van der Waals surface area contributed by atoms with Crippen LogP contribution in [-0.4, -0.2) is 21.1 Å². The van der Waals surface area contributed by atoms with Crippen molar-refractivity contribution in [2.24, 2.45) is 0 Å². The molecule has 0 unspecified atom stereocenters. The first kappa shape index (κ1) is 17.7. The highest BCUT2D eigenvalue weighted by molar-refractivity contribution is 5.94. The van der Waals surface area contributed by atoms with E-state index in [1.807, 2.05) is 13.8 Å². The summed E-state index contributed by atoms with van der Waals surface area (Å²) in [5.41, 5.74) is 0.918. The number of aromatic nitrogens is 3. The maximum absolute atomic E-state index is 12.7. The van der Waals surface area contributed by atoms with Gasteiger partial charge in [-0.3, -0.25) is 9.89 Å². The van der Waals surface area contributed by atoms with Crippen molar-refractivity contribution in [3.05, 3.63) is 52.7 Å². The molecule has 2 aromatic rings. The van der Waals surface area contributed by atoms with E-state index in [9.17, 15) is 18.0 Å². The van der Waals surface area contributed by atoms with Crippen LogP contribution in [0.25, 0.3) is 6.08 Å². The van der Waals surface area contributed by atoms with Crippen molar-refractivity contribution in [3.8, 4) is 0 Å². The van der Waals surface area contributed by atoms with E-state index in [0.717, 1.165) is 29.8 Å². The number of rotatable bonds is 5. The van der Waals surface area contributed by atoms with E-state index in [4.69, 9.17) is 0 Å². The minimum Gasteiger partial charge on any atom is -0.324 e. The number of carbonyl (C=O) groups excluding carboxylic acids is 1. The molecule has 2 N–H and O–H groups in total. The molecule has 24 heavy (non-hydrogen) atoms. The Bertz CT molecular complexity index is 750. The summed E-state index contributed by atoms with van der Waals surface area (Å²) in [6.07, 6.45) is 0.0224. The lowest BCUT2D eigenvalue weighted by molar-refractivity contribution is -0.141. The van der Waals surface area contributed by atoms with E-state index < -0.39 is 17.8 Å². The first-order chi connectivity index (χ1) is 11.3. The topological polar surface area (TPSA) is 70.7 Å². The summed E-state index contributed by atoms with van der Waals surface area (Å²) in [5.74, 6) is -0.684. The molecule has 1 amide bonds. The Labute approximate surface area is 137 Å². The number of nitrogens with one attached hydrogen (secondary N) is 2. The molecule has 0 aromatic carbocycles. The Kier molecular flexibility index (Phi) is 5.38. The number of H-pyrrole nitrogens is 1. The molecule has 0 spiro atoms. The van der Waals surface area contributed by atoms with Crippen molar-refractivity contribution in [2.75, 3.05) is 0 Å². The fraction of sp³-hybridized carbons (Fsp3) is 0.312. The van der Waals surface area contributed by atoms with Crippen LogP contribution in [0.2, 0.25) is 0 Å². The Morgan fingerprint density at radius 1 is 1.33 bits per heavy atom. The molecule has 0 radical (unpaired) electrons. The number of alkyl halides is 3. The maximum Gasteiger partial charge on any atom is 0.433 e. The molecule has 0 aliphatic carbocycles. The highest BCUT2D eigenvalue weighted by Crippen LogP contribution is 2.27. The maximum atomic E-state index is 12.7. The van der Waals surface area contributed by atoms with Crippen molar-refractivity contribution in [1.82, 2.24) is 20.5 Å². The molecule has 0 aliphatic rings. The molecule has 0 bridgehead atoms. The molecule has 128 valence electrons. The van der Waals surface area contributed by atoms with Gasteiger partial charge in [0, 0.05) is 17.0 Å². The molecular weight excluding hydrogens is 321 g/mol. The second-order valence-corrected chi connectivity index (χ2v) is 5.04. The summed E-state index contributed by atoms with van der Waals surface area (Å²) >= 11 is 0. The zero-order valence-corrected chi connectivity index (χ0v) is 13.2. The fourth-order valence-electron chi connectivity index (χ4n) is 2.07. The molecule has 0 fully saturated rings. The van der Waals surface area contributed by atoms with E-state index in [0.29, 0.717) is 12.1 Å². The molecular formula is C16H17F3N4O. The lowest BCUT2D eigenvalue weighted by Gasteiger charge is -2.10. The van der Waals surface area contributed by atoms with Gasteiger partial charge in [0.05, 0.1) is 6.20 Å². The van der Waals surface area contributed by atoms with Crippen LogP contribution in [0.15, 0.2) is 30.1 Å². The van der Waals surface area contributed by atoms with E-state index in [-0.39, 0.29) is 5.69 Å². The van der Waals surface area contributed by atoms with Crippen LogP contribution in [0.3, 0.4) is 0 Å². The average Bonchev–Trinajstić information content (AvgIpc) is 3.00. The number of hydrogen-bond donors (Lipinski definition) is 2. The van der Waals surface area contributed by atoms with E-state index in [1.165, 1.54) is 6.07 Å². The summed E-state index contributed by atoms with van der Waals surface area (Å²) in [6.45, 7) is 3.79. The summed E-state index contributed by atoms with van der Waals surface area (Å²) in [5, 5.41) is 9.39. The van der Waals surface area contributed by atoms with Crippen molar-refractivity contribution >= 4 is 12.0 Å². The van der Waals surface area contributed by atoms with Gasteiger partial charge in [0.25, 0.3) is 5.91 Å². The number of allylic oxidation sites excluding steroid dienone is 1. The van der Waals surface area contributed by atoms with Gasteiger partial charge in [0.1, 0.15) is 11.4 Å². The van der Waals surface area contributed by atoms with Crippen LogP contribution in [-0.2, 0) is 12.6 Å². The predicted octanol–water partition coefficient (Wildman–Crippen LogP) is 3.57. The second kappa shape index (κ2) is 7.29. The Hall–Kier alpha value is -2.64. The molecule has 8 heteroatoms. The number of aryl methyl sites for hydroxylation is 1. The molecule has 0 aliphatic heterocycles. The van der Waals surface area contributed by atoms with Crippen molar-refractivity contribution < 1.29 is 18.0 Å². The van der Waals surface area contributed by atoms with Gasteiger partial charge in [-0.05, 0) is 31.1 Å². The number of hydrogen-bond acceptors (Lipinski definition) is 3. The highest BCUT2D eigenvalue weighted by Gasteiger charge is 2.32. The van der Waals surface area contributed by atoms with Gasteiger partial charge in [0.2, 0.25) is 0 Å². The third kappa shape index (κ3) is 4.21. The average molecular weight is 338 g/mol. The number of halogens is 3. The number of nitrogens with zero attached hydrogens (tertiary/aromatic N) is 2. The molecule has 0 saturated carbocycles. The quantitative estimate of drug-likeness (QED) is 0.875. The molecule has 2 rings (SSSR count). The molecule has 2 heterocycles. The summed E-state index contributed by atoms with van der Waals surface area (Å²) in [4.78, 5) is 15.6. The predicted molar refractivity (Wildman–Crippen MR) is 82.9 cm³/mol. The fourth-order valence-corrected chi connectivity index (χ4v) is 2.07. The Balaban J connectivity index is 2.21. The summed E-state index contributed by atoms with van der Waals surface area (Å²) < 4.78 is 38.0. The summed E-state index contributed by atoms with van der Waals surface area (Å²) in [6, 6.07) is 3.23. The van der Waals surface area contributed by atoms with Gasteiger partial charge >= 0.3 is 6.18 Å². The van der Waals surface area contributed by atoms with Crippen LogP contribution < -0.4 is 5.32 Å². The normalized spacial score (nSPS) is 12.3. The largest absolute Gasteiger partial charge is 0.433 e. The Morgan fingerprint density at radius 2 is 2.08 bits per heavy atom. The van der Waals surface area contributed by atoms with Crippen LogP contribution in [0, 0.1) is 0 Å². The van der Waals surface area contributed by atoms with Gasteiger partial charge in [-0.25, -0.2) is 4.98 Å². The van der Waals surface area contributed by atoms with Crippen molar-refractivity contribution in [3.63, 3.8) is 0 Å². The standard InChI is InChI=1S/C16H17F3N4O/c1-3-11(8-10-9-20-23-12(10)4-2)21-15(24)13-6-5-7-14(22-13)16(17,18)19/h5-9H,3-4H2,1-2H3,(H,20,23)(H,21,24)/b11-8+. The van der Waals surface area contributed by atoms with Gasteiger partial charge in [-0.2, -0.15) is 18.3 Å².